The van der Waals surface area contributed by atoms with Crippen LogP contribution >= 0.6 is 0 Å². The molecule has 102 valence electrons. The summed E-state index contributed by atoms with van der Waals surface area (Å²) in [5.74, 6) is -1.01. The highest BCUT2D eigenvalue weighted by atomic mass is 19.1. The lowest BCUT2D eigenvalue weighted by molar-refractivity contribution is 0.587. The minimum atomic E-state index is -0.763. The summed E-state index contributed by atoms with van der Waals surface area (Å²) in [6.07, 6.45) is 0. The Kier molecular flexibility index (Phi) is 2.71. The van der Waals surface area contributed by atoms with E-state index >= 15 is 0 Å². The lowest BCUT2D eigenvalue weighted by atomic mass is 10.1. The van der Waals surface area contributed by atoms with E-state index in [-0.39, 0.29) is 11.3 Å². The van der Waals surface area contributed by atoms with Crippen LogP contribution in [0, 0.1) is 18.6 Å². The topological polar surface area (TPSA) is 43.8 Å². The minimum Gasteiger partial charge on any atom is -0.396 e. The lowest BCUT2D eigenvalue weighted by Crippen LogP contribution is -1.99. The molecule has 0 saturated carbocycles. The molecule has 0 atom stereocenters. The van der Waals surface area contributed by atoms with E-state index in [0.717, 1.165) is 22.7 Å². The van der Waals surface area contributed by atoms with E-state index in [9.17, 15) is 8.78 Å². The van der Waals surface area contributed by atoms with Crippen LogP contribution in [0.15, 0.2) is 30.3 Å². The van der Waals surface area contributed by atoms with Crippen molar-refractivity contribution in [1.82, 2.24) is 9.55 Å². The third-order valence-corrected chi connectivity index (χ3v) is 3.42. The van der Waals surface area contributed by atoms with E-state index in [1.54, 1.807) is 11.6 Å². The zero-order valence-corrected chi connectivity index (χ0v) is 11.1. The van der Waals surface area contributed by atoms with Crippen LogP contribution in [-0.2, 0) is 7.05 Å². The number of nitrogens with two attached hydrogens (primary N) is 1. The molecule has 0 spiro atoms. The lowest BCUT2D eigenvalue weighted by Gasteiger charge is -2.06. The number of hydrogen-bond acceptors (Lipinski definition) is 2. The molecule has 5 heteroatoms. The number of aryl methyl sites for hydroxylation is 2. The normalized spacial score (nSPS) is 11.2. The summed E-state index contributed by atoms with van der Waals surface area (Å²) < 4.78 is 29.0. The molecule has 20 heavy (non-hydrogen) atoms. The van der Waals surface area contributed by atoms with Crippen LogP contribution in [0.3, 0.4) is 0 Å². The number of nitrogens with zero attached hydrogens (tertiary/aromatic N) is 2. The number of halogens is 2. The first kappa shape index (κ1) is 12.6. The van der Waals surface area contributed by atoms with Crippen molar-refractivity contribution in [2.24, 2.45) is 7.05 Å². The second-order valence-electron chi connectivity index (χ2n) is 4.79. The van der Waals surface area contributed by atoms with Gasteiger partial charge in [-0.25, -0.2) is 13.8 Å². The van der Waals surface area contributed by atoms with Gasteiger partial charge in [0.05, 0.1) is 22.3 Å². The van der Waals surface area contributed by atoms with Gasteiger partial charge in [-0.15, -0.1) is 0 Å². The van der Waals surface area contributed by atoms with Gasteiger partial charge in [-0.05, 0) is 24.6 Å². The molecule has 3 nitrogen and oxygen atoms in total. The van der Waals surface area contributed by atoms with Crippen molar-refractivity contribution in [2.75, 3.05) is 5.73 Å². The number of fused-ring (bicyclic) bond motifs is 1. The van der Waals surface area contributed by atoms with Crippen LogP contribution in [0.5, 0.6) is 0 Å². The van der Waals surface area contributed by atoms with Crippen molar-refractivity contribution < 1.29 is 8.78 Å². The molecule has 0 saturated heterocycles. The van der Waals surface area contributed by atoms with Crippen molar-refractivity contribution in [2.45, 2.75) is 6.92 Å². The molecule has 1 heterocycles. The van der Waals surface area contributed by atoms with Crippen molar-refractivity contribution in [3.63, 3.8) is 0 Å². The number of hydrogen-bond donors (Lipinski definition) is 1. The molecule has 3 rings (SSSR count). The number of benzene rings is 2. The maximum Gasteiger partial charge on any atom is 0.149 e. The SMILES string of the molecule is Cc1cccc2nc(-c3cc(N)c(F)cc3F)n(C)c12. The molecule has 0 aliphatic rings. The number of rotatable bonds is 1. The number of imidazole rings is 1. The largest absolute Gasteiger partial charge is 0.396 e. The van der Waals surface area contributed by atoms with Crippen LogP contribution in [0.1, 0.15) is 5.56 Å². The van der Waals surface area contributed by atoms with E-state index in [0.29, 0.717) is 5.82 Å². The van der Waals surface area contributed by atoms with E-state index < -0.39 is 11.6 Å². The Morgan fingerprint density at radius 3 is 2.60 bits per heavy atom. The monoisotopic (exact) mass is 273 g/mol. The molecular weight excluding hydrogens is 260 g/mol. The van der Waals surface area contributed by atoms with E-state index in [1.807, 2.05) is 25.1 Å². The maximum atomic E-state index is 14.0. The quantitative estimate of drug-likeness (QED) is 0.690. The van der Waals surface area contributed by atoms with Gasteiger partial charge < -0.3 is 10.3 Å². The van der Waals surface area contributed by atoms with Gasteiger partial charge in [0.15, 0.2) is 0 Å². The standard InChI is InChI=1S/C15H13F2N3/c1-8-4-3-5-13-14(8)20(2)15(19-13)9-6-12(18)11(17)7-10(9)16/h3-7H,18H2,1-2H3. The zero-order valence-electron chi connectivity index (χ0n) is 11.1. The van der Waals surface area contributed by atoms with Gasteiger partial charge in [0, 0.05) is 13.1 Å². The molecule has 2 aromatic carbocycles. The van der Waals surface area contributed by atoms with Gasteiger partial charge >= 0.3 is 0 Å². The smallest absolute Gasteiger partial charge is 0.149 e. The molecular formula is C15H13F2N3. The highest BCUT2D eigenvalue weighted by Crippen LogP contribution is 2.29. The van der Waals surface area contributed by atoms with Crippen LogP contribution < -0.4 is 5.73 Å². The first-order valence-electron chi connectivity index (χ1n) is 6.16. The predicted molar refractivity (Wildman–Crippen MR) is 75.2 cm³/mol. The molecule has 2 N–H and O–H groups in total. The first-order valence-corrected chi connectivity index (χ1v) is 6.16. The van der Waals surface area contributed by atoms with Gasteiger partial charge in [0.1, 0.15) is 17.5 Å². The molecule has 0 bridgehead atoms. The van der Waals surface area contributed by atoms with Gasteiger partial charge in [-0.1, -0.05) is 12.1 Å². The Morgan fingerprint density at radius 2 is 1.90 bits per heavy atom. The summed E-state index contributed by atoms with van der Waals surface area (Å²) in [6, 6.07) is 7.78. The third kappa shape index (κ3) is 1.74. The summed E-state index contributed by atoms with van der Waals surface area (Å²) >= 11 is 0. The Morgan fingerprint density at radius 1 is 1.15 bits per heavy atom. The van der Waals surface area contributed by atoms with E-state index in [2.05, 4.69) is 4.98 Å². The average Bonchev–Trinajstić information content (AvgIpc) is 2.73. The minimum absolute atomic E-state index is 0.0924. The second kappa shape index (κ2) is 4.30. The van der Waals surface area contributed by atoms with Gasteiger partial charge in [0.2, 0.25) is 0 Å². The number of para-hydroxylation sites is 1. The van der Waals surface area contributed by atoms with E-state index in [1.165, 1.54) is 6.07 Å². The average molecular weight is 273 g/mol. The second-order valence-corrected chi connectivity index (χ2v) is 4.79. The number of anilines is 1. The molecule has 0 amide bonds. The number of aromatic nitrogens is 2. The molecule has 0 unspecified atom stereocenters. The fraction of sp³-hybridized carbons (Fsp3) is 0.133. The van der Waals surface area contributed by atoms with Crippen LogP contribution in [0.2, 0.25) is 0 Å². The summed E-state index contributed by atoms with van der Waals surface area (Å²) in [5, 5.41) is 0. The van der Waals surface area contributed by atoms with E-state index in [4.69, 9.17) is 5.73 Å². The van der Waals surface area contributed by atoms with Gasteiger partial charge in [-0.2, -0.15) is 0 Å². The van der Waals surface area contributed by atoms with Crippen molar-refractivity contribution in [1.29, 1.82) is 0 Å². The predicted octanol–water partition coefficient (Wildman–Crippen LogP) is 3.41. The van der Waals surface area contributed by atoms with Gasteiger partial charge in [0.25, 0.3) is 0 Å². The maximum absolute atomic E-state index is 14.0. The summed E-state index contributed by atoms with van der Waals surface area (Å²) in [6.45, 7) is 1.96. The third-order valence-electron chi connectivity index (χ3n) is 3.42. The Labute approximate surface area is 114 Å². The fourth-order valence-corrected chi connectivity index (χ4v) is 2.44. The Bertz CT molecular complexity index is 822. The van der Waals surface area contributed by atoms with Crippen molar-refractivity contribution in [3.05, 3.63) is 47.5 Å². The summed E-state index contributed by atoms with van der Waals surface area (Å²) in [7, 11) is 1.80. The summed E-state index contributed by atoms with van der Waals surface area (Å²) in [5.41, 5.74) is 8.36. The highest BCUT2D eigenvalue weighted by molar-refractivity contribution is 5.83. The van der Waals surface area contributed by atoms with Gasteiger partial charge in [-0.3, -0.25) is 0 Å². The summed E-state index contributed by atoms with van der Waals surface area (Å²) in [4.78, 5) is 4.42. The fourth-order valence-electron chi connectivity index (χ4n) is 2.44. The molecule has 0 fully saturated rings. The zero-order chi connectivity index (χ0) is 14.4. The van der Waals surface area contributed by atoms with Crippen LogP contribution in [0.25, 0.3) is 22.4 Å². The van der Waals surface area contributed by atoms with Crippen molar-refractivity contribution in [3.8, 4) is 11.4 Å². The van der Waals surface area contributed by atoms with Crippen molar-refractivity contribution >= 4 is 16.7 Å². The molecule has 1 aromatic heterocycles. The highest BCUT2D eigenvalue weighted by Gasteiger charge is 2.16. The Balaban J connectivity index is 2.33. The molecule has 0 radical (unpaired) electrons. The molecule has 0 aliphatic heterocycles. The number of nitrogen functional groups attached to an aromatic ring is 1. The molecule has 0 aliphatic carbocycles. The van der Waals surface area contributed by atoms with Crippen LogP contribution in [0.4, 0.5) is 14.5 Å². The first-order chi connectivity index (χ1) is 9.49. The Hall–Kier alpha value is -2.43. The van der Waals surface area contributed by atoms with Crippen LogP contribution in [-0.4, -0.2) is 9.55 Å². The molecule has 3 aromatic rings.